The van der Waals surface area contributed by atoms with E-state index in [9.17, 15) is 61.0 Å². The maximum atomic E-state index is 14.8. The van der Waals surface area contributed by atoms with Gasteiger partial charge in [0.1, 0.15) is 67.1 Å². The van der Waals surface area contributed by atoms with Crippen LogP contribution < -0.4 is 0 Å². The Kier molecular flexibility index (Phi) is 13.5. The van der Waals surface area contributed by atoms with E-state index in [1.54, 1.807) is 0 Å². The molecule has 5 aliphatic carbocycles. The molecule has 3 aliphatic heterocycles. The highest BCUT2D eigenvalue weighted by molar-refractivity contribution is 5.79. The Labute approximate surface area is 380 Å². The van der Waals surface area contributed by atoms with E-state index in [-0.39, 0.29) is 34.0 Å². The van der Waals surface area contributed by atoms with Gasteiger partial charge >= 0.3 is 5.97 Å². The molecule has 0 amide bonds. The van der Waals surface area contributed by atoms with Crippen LogP contribution in [-0.2, 0) is 33.2 Å². The lowest BCUT2D eigenvalue weighted by atomic mass is 9.33. The molecule has 3 heterocycles. The predicted molar refractivity (Wildman–Crippen MR) is 226 cm³/mol. The van der Waals surface area contributed by atoms with Gasteiger partial charge in [-0.25, -0.2) is 0 Å². The number of aliphatic hydroxyl groups is 11. The second kappa shape index (κ2) is 17.6. The molecule has 0 spiro atoms. The summed E-state index contributed by atoms with van der Waals surface area (Å²) >= 11 is 0. The van der Waals surface area contributed by atoms with Crippen molar-refractivity contribution in [2.45, 2.75) is 204 Å². The minimum Gasteiger partial charge on any atom is -0.432 e. The number of carbonyl (C=O) groups is 1. The minimum absolute atomic E-state index is 0.179. The summed E-state index contributed by atoms with van der Waals surface area (Å²) in [6.45, 7) is 15.6. The third-order valence-corrected chi connectivity index (χ3v) is 18.6. The molecule has 0 bridgehead atoms. The average molecular weight is 927 g/mol. The summed E-state index contributed by atoms with van der Waals surface area (Å²) < 4.78 is 34.6. The summed E-state index contributed by atoms with van der Waals surface area (Å²) in [5.41, 5.74) is 0.0304. The van der Waals surface area contributed by atoms with Crippen molar-refractivity contribution in [2.75, 3.05) is 13.2 Å². The van der Waals surface area contributed by atoms with E-state index < -0.39 is 134 Å². The standard InChI is InChI=1S/C47H74O18/c1-20-10-13-47(15-14-45(6)22(23(47)16-20)8-9-28-44(5)17-24(49)38(58)43(3,4)27(44)11-12-46(28,45)7)42(59)65-41-35(56)32(53)30(51)26(63-41)19-60-39-36(57)33(54)37(25(18-48)62-39)64-40-34(55)31(52)29(50)21(2)61-40/h8,21,23-41,48-58H,1,9-19H2,2-7H3/t21-,23-,24+,25+,26+,27-,28+,29-,30+,31+,32-,33+,34+,35+,36+,37+,38-,39+,40-,41-,44-,45+,46+,47-/m0/s1. The fourth-order valence-corrected chi connectivity index (χ4v) is 14.5. The van der Waals surface area contributed by atoms with Crippen LogP contribution in [-0.4, -0.2) is 180 Å². The topological polar surface area (TPSA) is 295 Å². The molecule has 24 atom stereocenters. The monoisotopic (exact) mass is 926 g/mol. The molecule has 18 heteroatoms. The van der Waals surface area contributed by atoms with Crippen LogP contribution in [0.15, 0.2) is 23.8 Å². The van der Waals surface area contributed by atoms with Gasteiger partial charge < -0.3 is 84.6 Å². The third kappa shape index (κ3) is 7.72. The van der Waals surface area contributed by atoms with Crippen molar-refractivity contribution in [3.8, 4) is 0 Å². The van der Waals surface area contributed by atoms with Crippen molar-refractivity contribution in [1.82, 2.24) is 0 Å². The Hall–Kier alpha value is -1.69. The van der Waals surface area contributed by atoms with Crippen LogP contribution in [0.4, 0.5) is 0 Å². The van der Waals surface area contributed by atoms with Gasteiger partial charge in [-0.1, -0.05) is 58.4 Å². The van der Waals surface area contributed by atoms with Crippen LogP contribution in [0.3, 0.4) is 0 Å². The van der Waals surface area contributed by atoms with Gasteiger partial charge in [-0.2, -0.15) is 0 Å². The zero-order chi connectivity index (χ0) is 47.5. The second-order valence-electron chi connectivity index (χ2n) is 22.2. The molecule has 0 unspecified atom stereocenters. The molecule has 0 aromatic heterocycles. The summed E-state index contributed by atoms with van der Waals surface area (Å²) in [6.07, 6.45) is -17.7. The van der Waals surface area contributed by atoms with Gasteiger partial charge in [-0.05, 0) is 98.2 Å². The normalized spacial score (nSPS) is 54.3. The summed E-state index contributed by atoms with van der Waals surface area (Å²) in [5, 5.41) is 119. The maximum absolute atomic E-state index is 14.8. The summed E-state index contributed by atoms with van der Waals surface area (Å²) in [7, 11) is 0. The zero-order valence-corrected chi connectivity index (χ0v) is 38.4. The summed E-state index contributed by atoms with van der Waals surface area (Å²) in [6, 6.07) is 0. The lowest BCUT2D eigenvalue weighted by Gasteiger charge is -2.71. The van der Waals surface area contributed by atoms with Gasteiger partial charge in [-0.3, -0.25) is 4.79 Å². The maximum Gasteiger partial charge on any atom is 0.315 e. The highest BCUT2D eigenvalue weighted by Crippen LogP contribution is 2.75. The lowest BCUT2D eigenvalue weighted by molar-refractivity contribution is -0.361. The van der Waals surface area contributed by atoms with Crippen molar-refractivity contribution in [3.05, 3.63) is 23.8 Å². The average Bonchev–Trinajstić information content (AvgIpc) is 3.25. The first-order valence-corrected chi connectivity index (χ1v) is 23.6. The van der Waals surface area contributed by atoms with E-state index >= 15 is 0 Å². The Morgan fingerprint density at radius 3 is 2.09 bits per heavy atom. The van der Waals surface area contributed by atoms with E-state index in [0.717, 1.165) is 24.8 Å². The Morgan fingerprint density at radius 1 is 0.754 bits per heavy atom. The lowest BCUT2D eigenvalue weighted by Crippen LogP contribution is -2.67. The number of fused-ring (bicyclic) bond motifs is 7. The molecular weight excluding hydrogens is 852 g/mol. The van der Waals surface area contributed by atoms with E-state index in [4.69, 9.17) is 28.4 Å². The van der Waals surface area contributed by atoms with Gasteiger partial charge in [0.25, 0.3) is 0 Å². The number of hydrogen-bond acceptors (Lipinski definition) is 18. The molecule has 3 saturated heterocycles. The molecule has 0 aromatic rings. The third-order valence-electron chi connectivity index (χ3n) is 18.6. The van der Waals surface area contributed by atoms with Gasteiger partial charge in [0.05, 0.1) is 36.9 Å². The Bertz CT molecular complexity index is 1810. The number of aliphatic hydroxyl groups excluding tert-OH is 11. The fourth-order valence-electron chi connectivity index (χ4n) is 14.5. The molecule has 370 valence electrons. The number of esters is 1. The number of rotatable bonds is 8. The van der Waals surface area contributed by atoms with Crippen molar-refractivity contribution < 1.29 is 89.4 Å². The van der Waals surface area contributed by atoms with Crippen LogP contribution in [0.2, 0.25) is 0 Å². The number of hydrogen-bond donors (Lipinski definition) is 11. The molecule has 7 fully saturated rings. The summed E-state index contributed by atoms with van der Waals surface area (Å²) in [5.74, 6) is -0.427. The smallest absolute Gasteiger partial charge is 0.315 e. The SMILES string of the molecule is C=C1CC[C@]2(C(=O)O[C@@H]3O[C@H](CO[C@@H]4O[C@H](CO)[C@@H](O[C@@H]5O[C@@H](C)[C@H](O)[C@@H](O)[C@H]5O)[C@H](O)[C@H]4O)[C@@H](O)[C@H](O)[C@H]3O)CC[C@]3(C)C(=CC[C@@H]4[C@@]5(C)C[C@@H](O)[C@H](O)C(C)(C)[C@@H]5CC[C@]43C)[C@@H]2C1. The number of carbonyl (C=O) groups excluding carboxylic acids is 1. The van der Waals surface area contributed by atoms with Gasteiger partial charge in [0.15, 0.2) is 12.6 Å². The molecule has 8 aliphatic rings. The summed E-state index contributed by atoms with van der Waals surface area (Å²) in [4.78, 5) is 14.8. The molecule has 65 heavy (non-hydrogen) atoms. The Balaban J connectivity index is 0.967. The zero-order valence-electron chi connectivity index (χ0n) is 38.4. The highest BCUT2D eigenvalue weighted by atomic mass is 16.8. The molecule has 11 N–H and O–H groups in total. The molecule has 0 radical (unpaired) electrons. The fraction of sp³-hybridized carbons (Fsp3) is 0.894. The highest BCUT2D eigenvalue weighted by Gasteiger charge is 2.70. The quantitative estimate of drug-likeness (QED) is 0.110. The van der Waals surface area contributed by atoms with E-state index in [1.807, 2.05) is 0 Å². The second-order valence-corrected chi connectivity index (χ2v) is 22.2. The van der Waals surface area contributed by atoms with Gasteiger partial charge in [0, 0.05) is 5.92 Å². The number of ether oxygens (including phenoxy) is 6. The minimum atomic E-state index is -1.85. The van der Waals surface area contributed by atoms with Crippen molar-refractivity contribution in [3.63, 3.8) is 0 Å². The first-order chi connectivity index (χ1) is 30.4. The molecule has 0 aromatic carbocycles. The Morgan fingerprint density at radius 2 is 1.40 bits per heavy atom. The van der Waals surface area contributed by atoms with Crippen LogP contribution in [0.1, 0.15) is 99.3 Å². The molecular formula is C47H74O18. The van der Waals surface area contributed by atoms with Crippen LogP contribution in [0.25, 0.3) is 0 Å². The van der Waals surface area contributed by atoms with Crippen LogP contribution in [0, 0.1) is 44.8 Å². The molecule has 18 nitrogen and oxygen atoms in total. The van der Waals surface area contributed by atoms with Crippen LogP contribution in [0.5, 0.6) is 0 Å². The first kappa shape index (κ1) is 49.7. The first-order valence-electron chi connectivity index (χ1n) is 23.6. The van der Waals surface area contributed by atoms with E-state index in [2.05, 4.69) is 47.3 Å². The molecule has 8 rings (SSSR count). The predicted octanol–water partition coefficient (Wildman–Crippen LogP) is -0.331. The van der Waals surface area contributed by atoms with Crippen molar-refractivity contribution >= 4 is 5.97 Å². The van der Waals surface area contributed by atoms with Crippen molar-refractivity contribution in [2.24, 2.45) is 44.8 Å². The van der Waals surface area contributed by atoms with Gasteiger partial charge in [0.2, 0.25) is 6.29 Å². The molecule has 4 saturated carbocycles. The van der Waals surface area contributed by atoms with E-state index in [1.165, 1.54) is 12.5 Å². The van der Waals surface area contributed by atoms with Gasteiger partial charge in [-0.15, -0.1) is 0 Å². The largest absolute Gasteiger partial charge is 0.432 e. The van der Waals surface area contributed by atoms with Crippen LogP contribution >= 0.6 is 0 Å². The van der Waals surface area contributed by atoms with Crippen molar-refractivity contribution in [1.29, 1.82) is 0 Å². The van der Waals surface area contributed by atoms with E-state index in [0.29, 0.717) is 38.5 Å². The number of allylic oxidation sites excluding steroid dienone is 3.